The number of imidazole rings is 2. The van der Waals surface area contributed by atoms with Gasteiger partial charge in [-0.15, -0.1) is 28.1 Å². The summed E-state index contributed by atoms with van der Waals surface area (Å²) in [6.07, 6.45) is 0. The van der Waals surface area contributed by atoms with Gasteiger partial charge in [-0.2, -0.15) is 28.7 Å². The number of anilines is 2. The first kappa shape index (κ1) is 48.6. The van der Waals surface area contributed by atoms with Crippen molar-refractivity contribution >= 4 is 62.0 Å². The van der Waals surface area contributed by atoms with Crippen LogP contribution in [0.4, 0.5) is 65.1 Å². The number of aromatic nitrogens is 4. The number of nitrogens with zero attached hydrogens (tertiary/aromatic N) is 15. The fraction of sp³-hybridized carbons (Fsp3) is 0.353. The summed E-state index contributed by atoms with van der Waals surface area (Å²) in [6.45, 7) is 26.2. The molecule has 302 valence electrons. The van der Waals surface area contributed by atoms with Crippen molar-refractivity contribution in [3.63, 3.8) is 0 Å². The number of sulfonamides is 1. The minimum Gasteiger partial charge on any atom is -0.685 e. The van der Waals surface area contributed by atoms with Crippen LogP contribution in [0.2, 0.25) is 0 Å². The molecule has 0 bridgehead atoms. The molecule has 1 N–H and O–H groups in total. The van der Waals surface area contributed by atoms with Gasteiger partial charge >= 0.3 is 27.9 Å². The molecule has 4 rings (SSSR count). The molecule has 57 heavy (non-hydrogen) atoms. The van der Waals surface area contributed by atoms with E-state index in [9.17, 15) is 21.6 Å². The van der Waals surface area contributed by atoms with Crippen molar-refractivity contribution in [3.05, 3.63) is 87.1 Å². The third-order valence-corrected chi connectivity index (χ3v) is 8.24. The van der Waals surface area contributed by atoms with Gasteiger partial charge in [-0.25, -0.2) is 13.0 Å². The normalized spacial score (nSPS) is 10.8. The largest absolute Gasteiger partial charge is 2.00 e. The number of azo groups is 2. The van der Waals surface area contributed by atoms with Crippen LogP contribution in [-0.2, 0) is 40.6 Å². The SMILES string of the molecule is CCN(CC)c1ccc(N=Nc2nc(C#N)c(C#N)n2C)c([N-]C)c1.[C-]#[N+]c1nc(N=Nc2ccc(N(CC)CC)cc2)n(C)c1[N+]#[C-].[NH-]S(=O)(=O)C(F)(F)F.[Ni+2]. The Kier molecular flexibility index (Phi) is 19.0. The van der Waals surface area contributed by atoms with Gasteiger partial charge < -0.3 is 34.5 Å². The van der Waals surface area contributed by atoms with Crippen LogP contribution in [0.15, 0.2) is 62.9 Å². The van der Waals surface area contributed by atoms with E-state index in [1.54, 1.807) is 21.1 Å². The van der Waals surface area contributed by atoms with Crippen LogP contribution >= 0.6 is 0 Å². The molecule has 0 atom stereocenters. The third-order valence-electron chi connectivity index (χ3n) is 7.63. The second kappa shape index (κ2) is 22.2. The number of hydrogen-bond acceptors (Lipinski definition) is 12. The Bertz CT molecular complexity index is 2300. The average molecular weight is 850 g/mol. The average Bonchev–Trinajstić information content (AvgIpc) is 3.67. The van der Waals surface area contributed by atoms with Crippen molar-refractivity contribution in [2.24, 2.45) is 34.6 Å². The number of nitriles is 2. The Morgan fingerprint density at radius 2 is 1.35 bits per heavy atom. The van der Waals surface area contributed by atoms with Crippen molar-refractivity contribution in [1.82, 2.24) is 19.1 Å². The number of nitrogens with one attached hydrogen (secondary N) is 1. The van der Waals surface area contributed by atoms with E-state index in [0.29, 0.717) is 17.1 Å². The molecule has 23 heteroatoms. The molecule has 0 unspecified atom stereocenters. The van der Waals surface area contributed by atoms with E-state index < -0.39 is 15.5 Å². The van der Waals surface area contributed by atoms with Crippen molar-refractivity contribution in [2.75, 3.05) is 43.0 Å². The molecule has 2 aromatic heterocycles. The van der Waals surface area contributed by atoms with Gasteiger partial charge in [0.1, 0.15) is 12.1 Å². The summed E-state index contributed by atoms with van der Waals surface area (Å²) < 4.78 is 53.7. The number of rotatable bonds is 11. The molecule has 0 saturated heterocycles. The zero-order valence-electron chi connectivity index (χ0n) is 31.8. The van der Waals surface area contributed by atoms with Crippen LogP contribution < -0.4 is 9.80 Å². The van der Waals surface area contributed by atoms with E-state index in [1.165, 1.54) is 9.13 Å². The van der Waals surface area contributed by atoms with Crippen molar-refractivity contribution < 1.29 is 38.1 Å². The minimum absolute atomic E-state index is 0. The topological polar surface area (TPSA) is 220 Å². The molecule has 18 nitrogen and oxygen atoms in total. The first-order chi connectivity index (χ1) is 26.5. The van der Waals surface area contributed by atoms with Gasteiger partial charge in [0.15, 0.2) is 21.4 Å². The van der Waals surface area contributed by atoms with Crippen molar-refractivity contribution in [3.8, 4) is 12.1 Å². The van der Waals surface area contributed by atoms with E-state index >= 15 is 0 Å². The number of alkyl halides is 3. The maximum Gasteiger partial charge on any atom is 2.00 e. The number of halogens is 3. The summed E-state index contributed by atoms with van der Waals surface area (Å²) in [7, 11) is -0.627. The number of hydrogen-bond donors (Lipinski definition) is 0. The van der Waals surface area contributed by atoms with Crippen molar-refractivity contribution in [2.45, 2.75) is 33.2 Å². The van der Waals surface area contributed by atoms with Crippen LogP contribution in [0.3, 0.4) is 0 Å². The standard InChI is InChI=1S/C17H19N8.C16H17N7.CHF3NO2S.Ni/c1-5-25(6-2)12-7-8-13(14(9-12)20-3)22-23-17-21-15(10-18)16(11-19)24(17)4;1-6-23(7-2)13-10-8-12(9-11-13)20-21-16-19-14(17-3)15(18-4)22(16)5;2-1(3,4)8(5,6)7;/h7-9H,5-6H2,1-4H3;8-11H,6-7H2,1-2,5H3;(H-,5,6,7);/q-1;;-1;+2. The third kappa shape index (κ3) is 12.8. The fourth-order valence-electron chi connectivity index (χ4n) is 4.62. The van der Waals surface area contributed by atoms with Gasteiger partial charge in [-0.05, 0) is 64.1 Å². The summed E-state index contributed by atoms with van der Waals surface area (Å²) in [6, 6.07) is 17.3. The summed E-state index contributed by atoms with van der Waals surface area (Å²) in [5.41, 5.74) is -1.02. The van der Waals surface area contributed by atoms with E-state index in [2.05, 4.69) is 82.9 Å². The Morgan fingerprint density at radius 3 is 1.77 bits per heavy atom. The molecule has 0 saturated carbocycles. The van der Waals surface area contributed by atoms with Crippen LogP contribution in [0.1, 0.15) is 39.1 Å². The summed E-state index contributed by atoms with van der Waals surface area (Å²) in [5, 5.41) is 44.2. The molecular weight excluding hydrogens is 812 g/mol. The monoisotopic (exact) mass is 848 g/mol. The predicted octanol–water partition coefficient (Wildman–Crippen LogP) is 9.73. The second-order valence-corrected chi connectivity index (χ2v) is 12.3. The summed E-state index contributed by atoms with van der Waals surface area (Å²) >= 11 is 0. The molecule has 0 aliphatic carbocycles. The quantitative estimate of drug-likeness (QED) is 0.0801. The molecule has 0 amide bonds. The van der Waals surface area contributed by atoms with E-state index in [4.69, 9.17) is 28.8 Å². The van der Waals surface area contributed by atoms with Crippen LogP contribution in [-0.4, -0.2) is 66.3 Å². The van der Waals surface area contributed by atoms with Crippen molar-refractivity contribution in [1.29, 1.82) is 10.5 Å². The second-order valence-electron chi connectivity index (χ2n) is 10.8. The maximum absolute atomic E-state index is 10.8. The van der Waals surface area contributed by atoms with Gasteiger partial charge in [0, 0.05) is 44.6 Å². The van der Waals surface area contributed by atoms with Gasteiger partial charge in [-0.3, -0.25) is 0 Å². The Morgan fingerprint density at radius 1 is 0.842 bits per heavy atom. The Balaban J connectivity index is 0.000000473. The van der Waals surface area contributed by atoms with Gasteiger partial charge in [0.25, 0.3) is 17.6 Å². The van der Waals surface area contributed by atoms with Crippen LogP contribution in [0.25, 0.3) is 20.1 Å². The molecule has 2 aromatic carbocycles. The van der Waals surface area contributed by atoms with Gasteiger partial charge in [0.05, 0.1) is 18.4 Å². The first-order valence-electron chi connectivity index (χ1n) is 16.4. The molecule has 4 aromatic rings. The molecule has 2 heterocycles. The number of benzene rings is 2. The van der Waals surface area contributed by atoms with Gasteiger partial charge in [-0.1, -0.05) is 29.3 Å². The molecule has 0 aliphatic rings. The van der Waals surface area contributed by atoms with Crippen LogP contribution in [0.5, 0.6) is 0 Å². The Hall–Kier alpha value is -6.39. The Labute approximate surface area is 338 Å². The van der Waals surface area contributed by atoms with Crippen LogP contribution in [0, 0.1) is 35.8 Å². The summed E-state index contributed by atoms with van der Waals surface area (Å²) in [4.78, 5) is 19.0. The molecular formula is C34H37F3N16NiO2S. The summed E-state index contributed by atoms with van der Waals surface area (Å²) in [5.74, 6) is 0.664. The zero-order chi connectivity index (χ0) is 42.2. The van der Waals surface area contributed by atoms with E-state index in [-0.39, 0.29) is 51.4 Å². The minimum atomic E-state index is -5.59. The van der Waals surface area contributed by atoms with E-state index in [1.807, 2.05) is 54.6 Å². The smallest absolute Gasteiger partial charge is 0.685 e. The molecule has 0 spiro atoms. The van der Waals surface area contributed by atoms with Gasteiger partial charge in [0.2, 0.25) is 0 Å². The molecule has 0 fully saturated rings. The fourth-order valence-corrected chi connectivity index (χ4v) is 4.62. The zero-order valence-corrected chi connectivity index (χ0v) is 33.6. The molecule has 0 aliphatic heterocycles. The van der Waals surface area contributed by atoms with E-state index in [0.717, 1.165) is 37.6 Å². The predicted molar refractivity (Wildman–Crippen MR) is 205 cm³/mol. The molecule has 0 radical (unpaired) electrons. The first-order valence-corrected chi connectivity index (χ1v) is 17.9. The maximum atomic E-state index is 10.8.